The van der Waals surface area contributed by atoms with Crippen LogP contribution < -0.4 is 10.5 Å². The normalized spacial score (nSPS) is 10.7. The molecule has 1 aromatic carbocycles. The van der Waals surface area contributed by atoms with Crippen molar-refractivity contribution in [1.29, 1.82) is 0 Å². The summed E-state index contributed by atoms with van der Waals surface area (Å²) >= 11 is 6.27. The van der Waals surface area contributed by atoms with E-state index in [1.165, 1.54) is 0 Å². The van der Waals surface area contributed by atoms with E-state index >= 15 is 0 Å². The second kappa shape index (κ2) is 5.53. The fourth-order valence-corrected chi connectivity index (χ4v) is 2.43. The van der Waals surface area contributed by atoms with Gasteiger partial charge in [0.25, 0.3) is 0 Å². The van der Waals surface area contributed by atoms with Crippen molar-refractivity contribution in [2.75, 3.05) is 12.8 Å². The van der Waals surface area contributed by atoms with E-state index in [2.05, 4.69) is 11.9 Å². The molecule has 0 aliphatic heterocycles. The maximum atomic E-state index is 6.27. The van der Waals surface area contributed by atoms with E-state index in [0.29, 0.717) is 22.3 Å². The lowest BCUT2D eigenvalue weighted by Crippen LogP contribution is -2.04. The number of benzene rings is 1. The average Bonchev–Trinajstić information content (AvgIpc) is 2.66. The lowest BCUT2D eigenvalue weighted by atomic mass is 10.1. The zero-order chi connectivity index (χ0) is 14.0. The molecule has 1 heterocycles. The van der Waals surface area contributed by atoms with Crippen molar-refractivity contribution in [3.05, 3.63) is 29.0 Å². The molecular formula is C14H18ClN3O. The molecule has 0 aliphatic rings. The summed E-state index contributed by atoms with van der Waals surface area (Å²) in [5, 5.41) is 0.590. The molecule has 0 radical (unpaired) electrons. The highest BCUT2D eigenvalue weighted by Gasteiger charge is 2.19. The van der Waals surface area contributed by atoms with Crippen LogP contribution in [0.3, 0.4) is 0 Å². The molecule has 0 fully saturated rings. The first-order valence-electron chi connectivity index (χ1n) is 6.25. The molecule has 0 bridgehead atoms. The van der Waals surface area contributed by atoms with Crippen LogP contribution in [0.25, 0.3) is 11.3 Å². The van der Waals surface area contributed by atoms with Gasteiger partial charge in [0.05, 0.1) is 17.7 Å². The van der Waals surface area contributed by atoms with Crippen molar-refractivity contribution < 1.29 is 4.74 Å². The molecule has 0 amide bonds. The summed E-state index contributed by atoms with van der Waals surface area (Å²) in [5.74, 6) is 2.20. The van der Waals surface area contributed by atoms with E-state index in [1.54, 1.807) is 7.11 Å². The Morgan fingerprint density at radius 3 is 2.79 bits per heavy atom. The molecule has 0 saturated heterocycles. The third-order valence-corrected chi connectivity index (χ3v) is 3.39. The first-order valence-corrected chi connectivity index (χ1v) is 6.63. The molecule has 5 heteroatoms. The fraction of sp³-hybridized carbons (Fsp3) is 0.357. The number of methoxy groups -OCH3 is 1. The zero-order valence-corrected chi connectivity index (χ0v) is 12.2. The van der Waals surface area contributed by atoms with Crippen LogP contribution in [0.4, 0.5) is 5.82 Å². The summed E-state index contributed by atoms with van der Waals surface area (Å²) in [6, 6.07) is 5.51. The Bertz CT molecular complexity index is 593. The van der Waals surface area contributed by atoms with Gasteiger partial charge < -0.3 is 15.0 Å². The number of aryl methyl sites for hydroxylation is 1. The Morgan fingerprint density at radius 2 is 2.16 bits per heavy atom. The van der Waals surface area contributed by atoms with Crippen LogP contribution >= 0.6 is 11.6 Å². The Morgan fingerprint density at radius 1 is 1.42 bits per heavy atom. The highest BCUT2D eigenvalue weighted by molar-refractivity contribution is 6.33. The van der Waals surface area contributed by atoms with Crippen LogP contribution in [-0.4, -0.2) is 16.7 Å². The number of nitrogens with two attached hydrogens (primary N) is 1. The van der Waals surface area contributed by atoms with Gasteiger partial charge in [-0.15, -0.1) is 0 Å². The van der Waals surface area contributed by atoms with Crippen LogP contribution in [-0.2, 0) is 6.54 Å². The number of imidazole rings is 1. The first-order chi connectivity index (χ1) is 9.10. The molecule has 0 spiro atoms. The largest absolute Gasteiger partial charge is 0.496 e. The van der Waals surface area contributed by atoms with Gasteiger partial charge in [-0.05, 0) is 25.5 Å². The van der Waals surface area contributed by atoms with Crippen molar-refractivity contribution >= 4 is 17.4 Å². The van der Waals surface area contributed by atoms with Crippen molar-refractivity contribution in [2.45, 2.75) is 26.8 Å². The van der Waals surface area contributed by atoms with Gasteiger partial charge in [0.15, 0.2) is 0 Å². The molecule has 19 heavy (non-hydrogen) atoms. The van der Waals surface area contributed by atoms with E-state index in [1.807, 2.05) is 29.7 Å². The standard InChI is InChI=1S/C14H18ClN3O/c1-4-8-18-9(2)17-13(14(18)16)12-10(15)6-5-7-11(12)19-3/h5-7H,4,8,16H2,1-3H3. The molecule has 4 nitrogen and oxygen atoms in total. The molecule has 102 valence electrons. The third kappa shape index (κ3) is 2.40. The molecule has 2 N–H and O–H groups in total. The number of rotatable bonds is 4. The van der Waals surface area contributed by atoms with Crippen LogP contribution in [0.5, 0.6) is 5.75 Å². The lowest BCUT2D eigenvalue weighted by molar-refractivity contribution is 0.416. The Balaban J connectivity index is 2.63. The monoisotopic (exact) mass is 279 g/mol. The predicted octanol–water partition coefficient (Wildman–Crippen LogP) is 3.51. The van der Waals surface area contributed by atoms with Crippen LogP contribution in [0, 0.1) is 6.92 Å². The van der Waals surface area contributed by atoms with E-state index in [-0.39, 0.29) is 0 Å². The van der Waals surface area contributed by atoms with Gasteiger partial charge in [-0.3, -0.25) is 0 Å². The van der Waals surface area contributed by atoms with Gasteiger partial charge in [0.2, 0.25) is 0 Å². The zero-order valence-electron chi connectivity index (χ0n) is 11.4. The van der Waals surface area contributed by atoms with Crippen LogP contribution in [0.2, 0.25) is 5.02 Å². The molecule has 1 aromatic heterocycles. The molecule has 2 rings (SSSR count). The number of hydrogen-bond acceptors (Lipinski definition) is 3. The number of ether oxygens (including phenoxy) is 1. The van der Waals surface area contributed by atoms with Crippen molar-refractivity contribution in [2.24, 2.45) is 0 Å². The average molecular weight is 280 g/mol. The van der Waals surface area contributed by atoms with Crippen molar-refractivity contribution in [1.82, 2.24) is 9.55 Å². The number of aromatic nitrogens is 2. The van der Waals surface area contributed by atoms with E-state index in [9.17, 15) is 0 Å². The van der Waals surface area contributed by atoms with Gasteiger partial charge in [0.1, 0.15) is 23.1 Å². The Hall–Kier alpha value is -1.68. The smallest absolute Gasteiger partial charge is 0.131 e. The van der Waals surface area contributed by atoms with E-state index in [4.69, 9.17) is 22.1 Å². The summed E-state index contributed by atoms with van der Waals surface area (Å²) in [7, 11) is 1.61. The molecule has 2 aromatic rings. The highest BCUT2D eigenvalue weighted by atomic mass is 35.5. The quantitative estimate of drug-likeness (QED) is 0.932. The van der Waals surface area contributed by atoms with Gasteiger partial charge in [0, 0.05) is 6.54 Å². The lowest BCUT2D eigenvalue weighted by Gasteiger charge is -2.10. The second-order valence-electron chi connectivity index (χ2n) is 4.36. The minimum absolute atomic E-state index is 0.590. The number of anilines is 1. The van der Waals surface area contributed by atoms with Gasteiger partial charge in [-0.25, -0.2) is 4.98 Å². The molecule has 0 unspecified atom stereocenters. The summed E-state index contributed by atoms with van der Waals surface area (Å²) in [6.45, 7) is 4.89. The van der Waals surface area contributed by atoms with Gasteiger partial charge in [-0.2, -0.15) is 0 Å². The second-order valence-corrected chi connectivity index (χ2v) is 4.77. The number of hydrogen-bond donors (Lipinski definition) is 1. The summed E-state index contributed by atoms with van der Waals surface area (Å²) in [5.41, 5.74) is 7.64. The molecule has 0 aliphatic carbocycles. The predicted molar refractivity (Wildman–Crippen MR) is 78.7 cm³/mol. The SMILES string of the molecule is CCCn1c(C)nc(-c2c(Cl)cccc2OC)c1N. The third-order valence-electron chi connectivity index (χ3n) is 3.08. The summed E-state index contributed by atoms with van der Waals surface area (Å²) < 4.78 is 7.35. The number of nitrogens with zero attached hydrogens (tertiary/aromatic N) is 2. The Kier molecular flexibility index (Phi) is 4.00. The van der Waals surface area contributed by atoms with E-state index < -0.39 is 0 Å². The van der Waals surface area contributed by atoms with Crippen molar-refractivity contribution in [3.63, 3.8) is 0 Å². The van der Waals surface area contributed by atoms with Gasteiger partial charge >= 0.3 is 0 Å². The summed E-state index contributed by atoms with van der Waals surface area (Å²) in [6.07, 6.45) is 1.00. The van der Waals surface area contributed by atoms with Crippen LogP contribution in [0.1, 0.15) is 19.2 Å². The fourth-order valence-electron chi connectivity index (χ4n) is 2.18. The van der Waals surface area contributed by atoms with Crippen LogP contribution in [0.15, 0.2) is 18.2 Å². The van der Waals surface area contributed by atoms with Crippen molar-refractivity contribution in [3.8, 4) is 17.0 Å². The number of halogens is 1. The maximum Gasteiger partial charge on any atom is 0.131 e. The number of nitrogen functional groups attached to an aromatic ring is 1. The van der Waals surface area contributed by atoms with Gasteiger partial charge in [-0.1, -0.05) is 24.6 Å². The molecular weight excluding hydrogens is 262 g/mol. The topological polar surface area (TPSA) is 53.1 Å². The summed E-state index contributed by atoms with van der Waals surface area (Å²) in [4.78, 5) is 4.54. The Labute approximate surface area is 118 Å². The highest BCUT2D eigenvalue weighted by Crippen LogP contribution is 2.38. The minimum atomic E-state index is 0.590. The first kappa shape index (κ1) is 13.7. The molecule has 0 atom stereocenters. The minimum Gasteiger partial charge on any atom is -0.496 e. The molecule has 0 saturated carbocycles. The maximum absolute atomic E-state index is 6.27. The van der Waals surface area contributed by atoms with E-state index in [0.717, 1.165) is 24.4 Å².